The third-order valence-electron chi connectivity index (χ3n) is 3.02. The number of nitrogens with zero attached hydrogens (tertiary/aromatic N) is 2. The Labute approximate surface area is 104 Å². The van der Waals surface area contributed by atoms with E-state index in [0.29, 0.717) is 13.1 Å². The Hall–Kier alpha value is -1.30. The number of halogens is 3. The Morgan fingerprint density at radius 3 is 2.61 bits per heavy atom. The van der Waals surface area contributed by atoms with E-state index in [1.165, 1.54) is 4.90 Å². The van der Waals surface area contributed by atoms with E-state index in [1.807, 2.05) is 12.1 Å². The smallest absolute Gasteiger partial charge is 0.381 e. The van der Waals surface area contributed by atoms with E-state index in [-0.39, 0.29) is 6.04 Å². The van der Waals surface area contributed by atoms with E-state index in [2.05, 4.69) is 10.3 Å². The Morgan fingerprint density at radius 2 is 2.06 bits per heavy atom. The largest absolute Gasteiger partial charge is 0.401 e. The lowest BCUT2D eigenvalue weighted by molar-refractivity contribution is -0.147. The van der Waals surface area contributed by atoms with Gasteiger partial charge in [0.1, 0.15) is 0 Å². The number of piperidine rings is 1. The first-order valence-corrected chi connectivity index (χ1v) is 5.98. The minimum absolute atomic E-state index is 0.235. The second-order valence-corrected chi connectivity index (χ2v) is 4.55. The zero-order chi connectivity index (χ0) is 13.0. The van der Waals surface area contributed by atoms with Crippen LogP contribution < -0.4 is 5.32 Å². The molecular weight excluding hydrogens is 243 g/mol. The van der Waals surface area contributed by atoms with Crippen molar-refractivity contribution in [1.29, 1.82) is 0 Å². The number of nitrogens with one attached hydrogen (secondary N) is 1. The number of likely N-dealkylation sites (tertiary alicyclic amines) is 1. The van der Waals surface area contributed by atoms with Crippen molar-refractivity contribution in [3.63, 3.8) is 0 Å². The van der Waals surface area contributed by atoms with Crippen LogP contribution in [0, 0.1) is 0 Å². The summed E-state index contributed by atoms with van der Waals surface area (Å²) >= 11 is 0. The SMILES string of the molecule is FC(F)(F)CN1CCC(Nc2cccnc2)CC1. The predicted octanol–water partition coefficient (Wildman–Crippen LogP) is 2.52. The lowest BCUT2D eigenvalue weighted by atomic mass is 10.0. The highest BCUT2D eigenvalue weighted by molar-refractivity contribution is 5.40. The van der Waals surface area contributed by atoms with Crippen LogP contribution in [0.5, 0.6) is 0 Å². The second kappa shape index (κ2) is 5.56. The molecule has 1 aliphatic rings. The molecule has 0 radical (unpaired) electrons. The van der Waals surface area contributed by atoms with E-state index in [4.69, 9.17) is 0 Å². The van der Waals surface area contributed by atoms with Gasteiger partial charge < -0.3 is 5.32 Å². The lowest BCUT2D eigenvalue weighted by Crippen LogP contribution is -2.43. The summed E-state index contributed by atoms with van der Waals surface area (Å²) in [5, 5.41) is 3.29. The van der Waals surface area contributed by atoms with Crippen molar-refractivity contribution in [3.8, 4) is 0 Å². The molecule has 2 heterocycles. The highest BCUT2D eigenvalue weighted by Gasteiger charge is 2.32. The van der Waals surface area contributed by atoms with Crippen molar-refractivity contribution in [1.82, 2.24) is 9.88 Å². The first-order valence-electron chi connectivity index (χ1n) is 5.98. The zero-order valence-corrected chi connectivity index (χ0v) is 9.95. The van der Waals surface area contributed by atoms with Crippen LogP contribution in [0.3, 0.4) is 0 Å². The molecule has 0 unspecified atom stereocenters. The van der Waals surface area contributed by atoms with E-state index in [1.54, 1.807) is 12.4 Å². The van der Waals surface area contributed by atoms with Gasteiger partial charge in [-0.1, -0.05) is 0 Å². The van der Waals surface area contributed by atoms with Crippen molar-refractivity contribution >= 4 is 5.69 Å². The number of anilines is 1. The fourth-order valence-corrected chi connectivity index (χ4v) is 2.17. The molecule has 6 heteroatoms. The lowest BCUT2D eigenvalue weighted by Gasteiger charge is -2.33. The first kappa shape index (κ1) is 13.1. The molecule has 1 saturated heterocycles. The maximum absolute atomic E-state index is 12.2. The first-order chi connectivity index (χ1) is 8.53. The predicted molar refractivity (Wildman–Crippen MR) is 63.4 cm³/mol. The van der Waals surface area contributed by atoms with Crippen LogP contribution in [-0.4, -0.2) is 41.7 Å². The molecule has 3 nitrogen and oxygen atoms in total. The topological polar surface area (TPSA) is 28.2 Å². The van der Waals surface area contributed by atoms with Gasteiger partial charge in [0.2, 0.25) is 0 Å². The fraction of sp³-hybridized carbons (Fsp3) is 0.583. The summed E-state index contributed by atoms with van der Waals surface area (Å²) < 4.78 is 36.7. The summed E-state index contributed by atoms with van der Waals surface area (Å²) in [6.07, 6.45) is 0.777. The standard InChI is InChI=1S/C12H16F3N3/c13-12(14,15)9-18-6-3-10(4-7-18)17-11-2-1-5-16-8-11/h1-2,5,8,10,17H,3-4,6-7,9H2. The van der Waals surface area contributed by atoms with Crippen molar-refractivity contribution in [3.05, 3.63) is 24.5 Å². The average molecular weight is 259 g/mol. The molecule has 0 aliphatic carbocycles. The summed E-state index contributed by atoms with van der Waals surface area (Å²) in [6, 6.07) is 3.98. The van der Waals surface area contributed by atoms with Gasteiger partial charge in [0.25, 0.3) is 0 Å². The van der Waals surface area contributed by atoms with Crippen LogP contribution in [0.2, 0.25) is 0 Å². The molecule has 0 spiro atoms. The number of pyridine rings is 1. The summed E-state index contributed by atoms with van der Waals surface area (Å²) in [4.78, 5) is 5.45. The molecule has 0 saturated carbocycles. The number of rotatable bonds is 3. The molecule has 1 aromatic heterocycles. The van der Waals surface area contributed by atoms with Crippen molar-refractivity contribution in [2.45, 2.75) is 25.1 Å². The summed E-state index contributed by atoms with van der Waals surface area (Å²) in [6.45, 7) is 0.168. The van der Waals surface area contributed by atoms with Gasteiger partial charge in [-0.2, -0.15) is 13.2 Å². The monoisotopic (exact) mass is 259 g/mol. The quantitative estimate of drug-likeness (QED) is 0.904. The molecule has 0 atom stereocenters. The Balaban J connectivity index is 1.77. The van der Waals surface area contributed by atoms with Gasteiger partial charge in [-0.3, -0.25) is 9.88 Å². The van der Waals surface area contributed by atoms with Crippen LogP contribution >= 0.6 is 0 Å². The molecule has 2 rings (SSSR count). The summed E-state index contributed by atoms with van der Waals surface area (Å²) in [5.74, 6) is 0. The van der Waals surface area contributed by atoms with Crippen LogP contribution in [-0.2, 0) is 0 Å². The third-order valence-corrected chi connectivity index (χ3v) is 3.02. The number of alkyl halides is 3. The van der Waals surface area contributed by atoms with Crippen LogP contribution in [0.1, 0.15) is 12.8 Å². The second-order valence-electron chi connectivity index (χ2n) is 4.55. The fourth-order valence-electron chi connectivity index (χ4n) is 2.17. The number of hydrogen-bond donors (Lipinski definition) is 1. The summed E-state index contributed by atoms with van der Waals surface area (Å²) in [5.41, 5.74) is 0.923. The molecule has 100 valence electrons. The van der Waals surface area contributed by atoms with Crippen molar-refractivity contribution < 1.29 is 13.2 Å². The Bertz CT molecular complexity index is 359. The van der Waals surface area contributed by atoms with Crippen molar-refractivity contribution in [2.24, 2.45) is 0 Å². The third kappa shape index (κ3) is 4.18. The molecule has 0 aromatic carbocycles. The van der Waals surface area contributed by atoms with Crippen LogP contribution in [0.15, 0.2) is 24.5 Å². The Morgan fingerprint density at radius 1 is 1.33 bits per heavy atom. The molecule has 0 amide bonds. The van der Waals surface area contributed by atoms with Crippen molar-refractivity contribution in [2.75, 3.05) is 25.0 Å². The summed E-state index contributed by atoms with van der Waals surface area (Å²) in [7, 11) is 0. The van der Waals surface area contributed by atoms with E-state index < -0.39 is 12.7 Å². The molecule has 1 fully saturated rings. The average Bonchev–Trinajstić information content (AvgIpc) is 2.31. The van der Waals surface area contributed by atoms with Gasteiger partial charge in [-0.25, -0.2) is 0 Å². The van der Waals surface area contributed by atoms with Gasteiger partial charge in [0.15, 0.2) is 0 Å². The Kier molecular flexibility index (Phi) is 4.06. The molecule has 1 aromatic rings. The molecule has 0 bridgehead atoms. The van der Waals surface area contributed by atoms with E-state index in [0.717, 1.165) is 18.5 Å². The molecule has 1 N–H and O–H groups in total. The van der Waals surface area contributed by atoms with E-state index >= 15 is 0 Å². The van der Waals surface area contributed by atoms with Gasteiger partial charge in [0.05, 0.1) is 12.2 Å². The number of hydrogen-bond acceptors (Lipinski definition) is 3. The number of aromatic nitrogens is 1. The van der Waals surface area contributed by atoms with Crippen LogP contribution in [0.4, 0.5) is 18.9 Å². The van der Waals surface area contributed by atoms with Gasteiger partial charge >= 0.3 is 6.18 Å². The van der Waals surface area contributed by atoms with Gasteiger partial charge in [-0.05, 0) is 25.0 Å². The molecular formula is C12H16F3N3. The minimum atomic E-state index is -4.09. The zero-order valence-electron chi connectivity index (χ0n) is 9.95. The molecule has 18 heavy (non-hydrogen) atoms. The van der Waals surface area contributed by atoms with Gasteiger partial charge in [-0.15, -0.1) is 0 Å². The highest BCUT2D eigenvalue weighted by Crippen LogP contribution is 2.21. The minimum Gasteiger partial charge on any atom is -0.381 e. The molecule has 1 aliphatic heterocycles. The normalized spacial score (nSPS) is 18.8. The van der Waals surface area contributed by atoms with E-state index in [9.17, 15) is 13.2 Å². The van der Waals surface area contributed by atoms with Crippen LogP contribution in [0.25, 0.3) is 0 Å². The highest BCUT2D eigenvalue weighted by atomic mass is 19.4. The maximum atomic E-state index is 12.2. The maximum Gasteiger partial charge on any atom is 0.401 e. The van der Waals surface area contributed by atoms with Gasteiger partial charge in [0, 0.05) is 31.5 Å².